The largest absolute Gasteiger partial charge is 0.481 e. The van der Waals surface area contributed by atoms with Gasteiger partial charge < -0.3 is 10.4 Å². The predicted molar refractivity (Wildman–Crippen MR) is 74.2 cm³/mol. The van der Waals surface area contributed by atoms with E-state index in [9.17, 15) is 9.59 Å². The molecular formula is C14H18ClNO3. The second-order valence-corrected chi connectivity index (χ2v) is 4.96. The molecule has 1 aromatic carbocycles. The average Bonchev–Trinajstić information content (AvgIpc) is 2.38. The average molecular weight is 284 g/mol. The molecule has 0 aliphatic heterocycles. The van der Waals surface area contributed by atoms with Gasteiger partial charge in [-0.05, 0) is 30.5 Å². The fraction of sp³-hybridized carbons (Fsp3) is 0.429. The highest BCUT2D eigenvalue weighted by molar-refractivity contribution is 6.30. The lowest BCUT2D eigenvalue weighted by Crippen LogP contribution is -2.31. The van der Waals surface area contributed by atoms with Crippen molar-refractivity contribution in [2.24, 2.45) is 5.92 Å². The molecule has 1 amide bonds. The number of carbonyl (C=O) groups excluding carboxylic acids is 1. The Bertz CT molecular complexity index is 431. The summed E-state index contributed by atoms with van der Waals surface area (Å²) >= 11 is 5.78. The van der Waals surface area contributed by atoms with Crippen molar-refractivity contribution >= 4 is 23.5 Å². The van der Waals surface area contributed by atoms with Crippen LogP contribution >= 0.6 is 11.6 Å². The van der Waals surface area contributed by atoms with Gasteiger partial charge in [-0.2, -0.15) is 0 Å². The first-order chi connectivity index (χ1) is 8.99. The van der Waals surface area contributed by atoms with Crippen LogP contribution in [0.2, 0.25) is 5.02 Å². The molecule has 5 heteroatoms. The Morgan fingerprint density at radius 3 is 2.53 bits per heavy atom. The van der Waals surface area contributed by atoms with Gasteiger partial charge in [0.05, 0.1) is 5.92 Å². The van der Waals surface area contributed by atoms with E-state index in [-0.39, 0.29) is 12.5 Å². The van der Waals surface area contributed by atoms with Crippen LogP contribution in [0.25, 0.3) is 0 Å². The summed E-state index contributed by atoms with van der Waals surface area (Å²) in [7, 11) is 0. The van der Waals surface area contributed by atoms with E-state index in [0.29, 0.717) is 11.4 Å². The maximum absolute atomic E-state index is 11.5. The van der Waals surface area contributed by atoms with Gasteiger partial charge in [-0.15, -0.1) is 0 Å². The van der Waals surface area contributed by atoms with Crippen LogP contribution in [-0.4, -0.2) is 23.5 Å². The van der Waals surface area contributed by atoms with Crippen LogP contribution in [0.15, 0.2) is 24.3 Å². The minimum Gasteiger partial charge on any atom is -0.481 e. The normalized spacial score (nSPS) is 11.9. The predicted octanol–water partition coefficient (Wildman–Crippen LogP) is 2.50. The highest BCUT2D eigenvalue weighted by Crippen LogP contribution is 2.11. The third-order valence-corrected chi connectivity index (χ3v) is 3.06. The number of benzene rings is 1. The molecular weight excluding hydrogens is 266 g/mol. The van der Waals surface area contributed by atoms with Crippen LogP contribution in [-0.2, 0) is 16.0 Å². The summed E-state index contributed by atoms with van der Waals surface area (Å²) in [5.74, 6) is -1.57. The molecule has 0 saturated carbocycles. The van der Waals surface area contributed by atoms with Crippen molar-refractivity contribution in [2.45, 2.75) is 26.2 Å². The van der Waals surface area contributed by atoms with Crippen LogP contribution < -0.4 is 5.32 Å². The Morgan fingerprint density at radius 1 is 1.32 bits per heavy atom. The monoisotopic (exact) mass is 283 g/mol. The van der Waals surface area contributed by atoms with Gasteiger partial charge >= 0.3 is 5.97 Å². The van der Waals surface area contributed by atoms with Gasteiger partial charge in [0.25, 0.3) is 0 Å². The van der Waals surface area contributed by atoms with Crippen LogP contribution in [0.1, 0.15) is 25.3 Å². The number of carboxylic acids is 1. The minimum absolute atomic E-state index is 0.109. The molecule has 0 aliphatic carbocycles. The van der Waals surface area contributed by atoms with Crippen LogP contribution in [0.4, 0.5) is 0 Å². The lowest BCUT2D eigenvalue weighted by molar-refractivity contribution is -0.141. The van der Waals surface area contributed by atoms with Crippen molar-refractivity contribution in [3.05, 3.63) is 34.9 Å². The van der Waals surface area contributed by atoms with E-state index in [1.807, 2.05) is 24.3 Å². The summed E-state index contributed by atoms with van der Waals surface area (Å²) in [5.41, 5.74) is 1.14. The molecule has 1 aromatic rings. The van der Waals surface area contributed by atoms with Crippen LogP contribution in [0, 0.1) is 5.92 Å². The second kappa shape index (κ2) is 7.79. The molecule has 104 valence electrons. The van der Waals surface area contributed by atoms with Gasteiger partial charge in [-0.25, -0.2) is 0 Å². The SMILES string of the molecule is CC(CNC(=O)CCCc1ccc(Cl)cc1)C(=O)O. The molecule has 4 nitrogen and oxygen atoms in total. The summed E-state index contributed by atoms with van der Waals surface area (Å²) in [6.07, 6.45) is 1.93. The second-order valence-electron chi connectivity index (χ2n) is 4.52. The molecule has 1 atom stereocenters. The van der Waals surface area contributed by atoms with E-state index in [2.05, 4.69) is 5.32 Å². The summed E-state index contributed by atoms with van der Waals surface area (Å²) in [6, 6.07) is 7.52. The smallest absolute Gasteiger partial charge is 0.308 e. The summed E-state index contributed by atoms with van der Waals surface area (Å²) < 4.78 is 0. The third-order valence-electron chi connectivity index (χ3n) is 2.81. The summed E-state index contributed by atoms with van der Waals surface area (Å²) in [4.78, 5) is 22.1. The lowest BCUT2D eigenvalue weighted by Gasteiger charge is -2.08. The Hall–Kier alpha value is -1.55. The molecule has 0 aliphatic rings. The first kappa shape index (κ1) is 15.5. The molecule has 2 N–H and O–H groups in total. The zero-order valence-corrected chi connectivity index (χ0v) is 11.6. The Morgan fingerprint density at radius 2 is 1.95 bits per heavy atom. The molecule has 0 radical (unpaired) electrons. The van der Waals surface area contributed by atoms with Gasteiger partial charge in [-0.3, -0.25) is 9.59 Å². The van der Waals surface area contributed by atoms with Gasteiger partial charge in [0, 0.05) is 18.0 Å². The number of amides is 1. The fourth-order valence-corrected chi connectivity index (χ4v) is 1.67. The highest BCUT2D eigenvalue weighted by Gasteiger charge is 2.11. The fourth-order valence-electron chi connectivity index (χ4n) is 1.55. The van der Waals surface area contributed by atoms with Gasteiger partial charge in [-0.1, -0.05) is 30.7 Å². The summed E-state index contributed by atoms with van der Waals surface area (Å²) in [6.45, 7) is 1.74. The number of halogens is 1. The Labute approximate surface area is 117 Å². The molecule has 1 rings (SSSR count). The molecule has 0 spiro atoms. The van der Waals surface area contributed by atoms with E-state index in [0.717, 1.165) is 18.4 Å². The van der Waals surface area contributed by atoms with Gasteiger partial charge in [0.2, 0.25) is 5.91 Å². The first-order valence-electron chi connectivity index (χ1n) is 6.23. The number of aryl methyl sites for hydroxylation is 1. The van der Waals surface area contributed by atoms with Crippen LogP contribution in [0.3, 0.4) is 0 Å². The zero-order chi connectivity index (χ0) is 14.3. The Balaban J connectivity index is 2.20. The molecule has 0 saturated heterocycles. The lowest BCUT2D eigenvalue weighted by atomic mass is 10.1. The number of hydrogen-bond acceptors (Lipinski definition) is 2. The van der Waals surface area contributed by atoms with Crippen molar-refractivity contribution in [3.63, 3.8) is 0 Å². The Kier molecular flexibility index (Phi) is 6.36. The van der Waals surface area contributed by atoms with Gasteiger partial charge in [0.15, 0.2) is 0 Å². The number of rotatable bonds is 7. The molecule has 0 fully saturated rings. The molecule has 0 aromatic heterocycles. The van der Waals surface area contributed by atoms with Crippen molar-refractivity contribution in [3.8, 4) is 0 Å². The molecule has 1 unspecified atom stereocenters. The molecule has 0 heterocycles. The van der Waals surface area contributed by atoms with E-state index < -0.39 is 11.9 Å². The highest BCUT2D eigenvalue weighted by atomic mass is 35.5. The minimum atomic E-state index is -0.901. The maximum Gasteiger partial charge on any atom is 0.308 e. The number of nitrogens with one attached hydrogen (secondary N) is 1. The van der Waals surface area contributed by atoms with Crippen molar-refractivity contribution in [1.82, 2.24) is 5.32 Å². The number of hydrogen-bond donors (Lipinski definition) is 2. The van der Waals surface area contributed by atoms with Crippen molar-refractivity contribution < 1.29 is 14.7 Å². The number of aliphatic carboxylic acids is 1. The summed E-state index contributed by atoms with van der Waals surface area (Å²) in [5, 5.41) is 12.0. The molecule has 0 bridgehead atoms. The number of carboxylic acid groups (broad SMARTS) is 1. The standard InChI is InChI=1S/C14H18ClNO3/c1-10(14(18)19)9-16-13(17)4-2-3-11-5-7-12(15)8-6-11/h5-8,10H,2-4,9H2,1H3,(H,16,17)(H,18,19). The topological polar surface area (TPSA) is 66.4 Å². The maximum atomic E-state index is 11.5. The van der Waals surface area contributed by atoms with Crippen LogP contribution in [0.5, 0.6) is 0 Å². The quantitative estimate of drug-likeness (QED) is 0.808. The third kappa shape index (κ3) is 6.25. The number of carbonyl (C=O) groups is 2. The molecule has 19 heavy (non-hydrogen) atoms. The van der Waals surface area contributed by atoms with E-state index in [1.165, 1.54) is 0 Å². The zero-order valence-electron chi connectivity index (χ0n) is 10.9. The van der Waals surface area contributed by atoms with E-state index in [4.69, 9.17) is 16.7 Å². The van der Waals surface area contributed by atoms with E-state index in [1.54, 1.807) is 6.92 Å². The van der Waals surface area contributed by atoms with Gasteiger partial charge in [0.1, 0.15) is 0 Å². The van der Waals surface area contributed by atoms with Crippen molar-refractivity contribution in [2.75, 3.05) is 6.54 Å². The van der Waals surface area contributed by atoms with E-state index >= 15 is 0 Å². The first-order valence-corrected chi connectivity index (χ1v) is 6.61. The van der Waals surface area contributed by atoms with Crippen molar-refractivity contribution in [1.29, 1.82) is 0 Å².